The van der Waals surface area contributed by atoms with Crippen LogP contribution in [0.4, 0.5) is 4.39 Å². The molecule has 0 spiro atoms. The lowest BCUT2D eigenvalue weighted by Gasteiger charge is -2.45. The van der Waals surface area contributed by atoms with Gasteiger partial charge < -0.3 is 20.4 Å². The van der Waals surface area contributed by atoms with Gasteiger partial charge in [0.2, 0.25) is 5.91 Å². The van der Waals surface area contributed by atoms with E-state index < -0.39 is 11.9 Å². The number of hydrogen-bond donors (Lipinski definition) is 2. The van der Waals surface area contributed by atoms with Crippen molar-refractivity contribution in [2.75, 3.05) is 26.7 Å². The first-order valence-corrected chi connectivity index (χ1v) is 10.8. The minimum absolute atomic E-state index is 0.102. The molecule has 4 rings (SSSR count). The summed E-state index contributed by atoms with van der Waals surface area (Å²) in [7, 11) is 2.06. The molecular formula is C24H30FN5O2. The van der Waals surface area contributed by atoms with Crippen molar-refractivity contribution in [2.24, 2.45) is 5.73 Å². The molecule has 0 bridgehead atoms. The Hall–Kier alpha value is -2.97. The van der Waals surface area contributed by atoms with Crippen molar-refractivity contribution < 1.29 is 13.9 Å². The van der Waals surface area contributed by atoms with Crippen LogP contribution in [0.25, 0.3) is 11.0 Å². The number of rotatable bonds is 5. The third kappa shape index (κ3) is 4.33. The Kier molecular flexibility index (Phi) is 5.92. The van der Waals surface area contributed by atoms with Crippen LogP contribution in [0.2, 0.25) is 0 Å². The number of likely N-dealkylation sites (N-methyl/N-ethyl adjacent to an activating group) is 1. The average molecular weight is 440 g/mol. The summed E-state index contributed by atoms with van der Waals surface area (Å²) >= 11 is 0. The maximum absolute atomic E-state index is 14.8. The highest BCUT2D eigenvalue weighted by atomic mass is 19.1. The molecule has 2 aromatic heterocycles. The first-order chi connectivity index (χ1) is 15.2. The van der Waals surface area contributed by atoms with Crippen LogP contribution in [0.15, 0.2) is 36.7 Å². The topological polar surface area (TPSA) is 87.5 Å². The second-order valence-electron chi connectivity index (χ2n) is 9.18. The Balaban J connectivity index is 1.45. The number of nitrogens with one attached hydrogen (secondary N) is 1. The Bertz CT molecular complexity index is 1140. The first kappa shape index (κ1) is 22.2. The van der Waals surface area contributed by atoms with Crippen LogP contribution in [-0.2, 0) is 11.2 Å². The summed E-state index contributed by atoms with van der Waals surface area (Å²) in [6.07, 6.45) is 3.72. The molecule has 1 saturated heterocycles. The molecule has 1 aliphatic rings. The number of amides is 1. The highest BCUT2D eigenvalue weighted by molar-refractivity contribution is 5.86. The standard InChI is InChI=1S/C24H30FN5O2/c1-15-13-28-22-21(15)20(7-8-27-22)32-19-6-5-16(11-17(19)25)12-18(26)23(31)30-10-9-29(4)24(2,3)14-30/h5-8,11,13,18H,9-10,12,14,26H2,1-4H3,(H,27,28). The summed E-state index contributed by atoms with van der Waals surface area (Å²) in [6, 6.07) is 5.71. The van der Waals surface area contributed by atoms with Crippen molar-refractivity contribution in [2.45, 2.75) is 38.8 Å². The molecule has 0 radical (unpaired) electrons. The number of nitrogens with zero attached hydrogens (tertiary/aromatic N) is 3. The number of fused-ring (bicyclic) bond motifs is 1. The molecule has 1 aromatic carbocycles. The SMILES string of the molecule is Cc1c[nH]c2nccc(Oc3ccc(CC(N)C(=O)N4CCN(C)C(C)(C)C4)cc3F)c12. The van der Waals surface area contributed by atoms with Gasteiger partial charge in [0.05, 0.1) is 11.4 Å². The van der Waals surface area contributed by atoms with Gasteiger partial charge in [0.25, 0.3) is 0 Å². The molecule has 1 fully saturated rings. The van der Waals surface area contributed by atoms with Gasteiger partial charge in [-0.1, -0.05) is 6.07 Å². The van der Waals surface area contributed by atoms with Crippen molar-refractivity contribution in [1.29, 1.82) is 0 Å². The highest BCUT2D eigenvalue weighted by Gasteiger charge is 2.34. The number of aryl methyl sites for hydroxylation is 1. The zero-order valence-corrected chi connectivity index (χ0v) is 19.0. The van der Waals surface area contributed by atoms with Crippen LogP contribution in [-0.4, -0.2) is 63.9 Å². The smallest absolute Gasteiger partial charge is 0.239 e. The lowest BCUT2D eigenvalue weighted by molar-refractivity contribution is -0.137. The molecule has 32 heavy (non-hydrogen) atoms. The predicted molar refractivity (Wildman–Crippen MR) is 122 cm³/mol. The van der Waals surface area contributed by atoms with Crippen molar-refractivity contribution in [1.82, 2.24) is 19.8 Å². The normalized spacial score (nSPS) is 17.5. The van der Waals surface area contributed by atoms with Crippen molar-refractivity contribution >= 4 is 16.9 Å². The fourth-order valence-corrected chi connectivity index (χ4v) is 4.15. The number of carbonyl (C=O) groups is 1. The van der Waals surface area contributed by atoms with Gasteiger partial charge >= 0.3 is 0 Å². The number of H-pyrrole nitrogens is 1. The van der Waals surface area contributed by atoms with E-state index in [1.807, 2.05) is 18.0 Å². The monoisotopic (exact) mass is 439 g/mol. The van der Waals surface area contributed by atoms with E-state index in [0.29, 0.717) is 30.0 Å². The van der Waals surface area contributed by atoms with Gasteiger partial charge in [0.15, 0.2) is 11.6 Å². The summed E-state index contributed by atoms with van der Waals surface area (Å²) in [4.78, 5) is 24.3. The molecule has 1 aliphatic heterocycles. The van der Waals surface area contributed by atoms with E-state index in [9.17, 15) is 9.18 Å². The third-order valence-electron chi connectivity index (χ3n) is 6.35. The number of carbonyl (C=O) groups excluding carboxylic acids is 1. The molecule has 1 unspecified atom stereocenters. The highest BCUT2D eigenvalue weighted by Crippen LogP contribution is 2.32. The number of nitrogens with two attached hydrogens (primary N) is 1. The summed E-state index contributed by atoms with van der Waals surface area (Å²) in [6.45, 7) is 8.22. The summed E-state index contributed by atoms with van der Waals surface area (Å²) < 4.78 is 20.7. The van der Waals surface area contributed by atoms with E-state index in [-0.39, 0.29) is 23.6 Å². The zero-order valence-electron chi connectivity index (χ0n) is 19.0. The minimum Gasteiger partial charge on any atom is -0.453 e. The first-order valence-electron chi connectivity index (χ1n) is 10.8. The lowest BCUT2D eigenvalue weighted by Crippen LogP contribution is -2.61. The molecule has 0 aliphatic carbocycles. The lowest BCUT2D eigenvalue weighted by atomic mass is 9.98. The van der Waals surface area contributed by atoms with Crippen LogP contribution >= 0.6 is 0 Å². The molecule has 0 saturated carbocycles. The number of halogens is 1. The van der Waals surface area contributed by atoms with Crippen molar-refractivity contribution in [3.63, 3.8) is 0 Å². The van der Waals surface area contributed by atoms with Gasteiger partial charge in [-0.15, -0.1) is 0 Å². The number of aromatic nitrogens is 2. The molecular weight excluding hydrogens is 409 g/mol. The van der Waals surface area contributed by atoms with Gasteiger partial charge in [-0.25, -0.2) is 9.37 Å². The number of hydrogen-bond acceptors (Lipinski definition) is 5. The van der Waals surface area contributed by atoms with Crippen molar-refractivity contribution in [3.8, 4) is 11.5 Å². The Morgan fingerprint density at radius 3 is 2.81 bits per heavy atom. The molecule has 1 atom stereocenters. The Morgan fingerprint density at radius 2 is 2.09 bits per heavy atom. The Labute approximate surface area is 187 Å². The molecule has 3 aromatic rings. The number of aromatic amines is 1. The number of piperazine rings is 1. The van der Waals surface area contributed by atoms with Crippen LogP contribution in [0.1, 0.15) is 25.0 Å². The summed E-state index contributed by atoms with van der Waals surface area (Å²) in [5.74, 6) is 0.0441. The number of pyridine rings is 1. The van der Waals surface area contributed by atoms with E-state index in [1.165, 1.54) is 6.07 Å². The molecule has 3 heterocycles. The molecule has 1 amide bonds. The molecule has 7 nitrogen and oxygen atoms in total. The fourth-order valence-electron chi connectivity index (χ4n) is 4.15. The largest absolute Gasteiger partial charge is 0.453 e. The predicted octanol–water partition coefficient (Wildman–Crippen LogP) is 3.23. The van der Waals surface area contributed by atoms with Gasteiger partial charge in [0.1, 0.15) is 11.4 Å². The molecule has 170 valence electrons. The maximum Gasteiger partial charge on any atom is 0.239 e. The van der Waals surface area contributed by atoms with Gasteiger partial charge in [-0.05, 0) is 63.6 Å². The van der Waals surface area contributed by atoms with Crippen LogP contribution in [0, 0.1) is 12.7 Å². The van der Waals surface area contributed by atoms with E-state index in [0.717, 1.165) is 17.5 Å². The number of benzene rings is 1. The van der Waals surface area contributed by atoms with E-state index in [2.05, 4.69) is 35.8 Å². The second-order valence-corrected chi connectivity index (χ2v) is 9.18. The molecule has 8 heteroatoms. The van der Waals surface area contributed by atoms with Crippen LogP contribution < -0.4 is 10.5 Å². The minimum atomic E-state index is -0.720. The quantitative estimate of drug-likeness (QED) is 0.637. The molecule has 3 N–H and O–H groups in total. The van der Waals surface area contributed by atoms with E-state index in [4.69, 9.17) is 10.5 Å². The maximum atomic E-state index is 14.8. The second kappa shape index (κ2) is 8.52. The number of ether oxygens (including phenoxy) is 1. The van der Waals surface area contributed by atoms with E-state index >= 15 is 0 Å². The summed E-state index contributed by atoms with van der Waals surface area (Å²) in [5.41, 5.74) is 8.42. The van der Waals surface area contributed by atoms with Crippen LogP contribution in [0.3, 0.4) is 0 Å². The van der Waals surface area contributed by atoms with Gasteiger partial charge in [-0.3, -0.25) is 9.69 Å². The zero-order chi connectivity index (χ0) is 23.0. The Morgan fingerprint density at radius 1 is 1.31 bits per heavy atom. The fraction of sp³-hybridized carbons (Fsp3) is 0.417. The van der Waals surface area contributed by atoms with Gasteiger partial charge in [-0.2, -0.15) is 0 Å². The van der Waals surface area contributed by atoms with Crippen LogP contribution in [0.5, 0.6) is 11.5 Å². The third-order valence-corrected chi connectivity index (χ3v) is 6.35. The van der Waals surface area contributed by atoms with Crippen molar-refractivity contribution in [3.05, 3.63) is 53.6 Å². The average Bonchev–Trinajstić information content (AvgIpc) is 3.13. The van der Waals surface area contributed by atoms with E-state index in [1.54, 1.807) is 24.4 Å². The summed E-state index contributed by atoms with van der Waals surface area (Å²) in [5, 5.41) is 0.818. The van der Waals surface area contributed by atoms with Gasteiger partial charge in [0, 0.05) is 37.6 Å².